The van der Waals surface area contributed by atoms with Crippen molar-refractivity contribution in [1.82, 2.24) is 0 Å². The van der Waals surface area contributed by atoms with Gasteiger partial charge in [0, 0.05) is 5.69 Å². The maximum absolute atomic E-state index is 13.3. The van der Waals surface area contributed by atoms with E-state index < -0.39 is 5.54 Å². The maximum Gasteiger partial charge on any atom is 0.137 e. The zero-order chi connectivity index (χ0) is 14.8. The molecule has 1 unspecified atom stereocenters. The molecule has 0 aliphatic heterocycles. The molecule has 106 valence electrons. The molecule has 0 bridgehead atoms. The van der Waals surface area contributed by atoms with Crippen LogP contribution < -0.4 is 5.32 Å². The lowest BCUT2D eigenvalue weighted by Crippen LogP contribution is -2.35. The number of rotatable bonds is 4. The lowest BCUT2D eigenvalue weighted by atomic mass is 9.92. The van der Waals surface area contributed by atoms with Crippen molar-refractivity contribution in [2.75, 3.05) is 11.9 Å². The lowest BCUT2D eigenvalue weighted by Gasteiger charge is -2.30. The fourth-order valence-corrected chi connectivity index (χ4v) is 2.31. The van der Waals surface area contributed by atoms with Crippen LogP contribution in [0.15, 0.2) is 46.9 Å². The summed E-state index contributed by atoms with van der Waals surface area (Å²) in [6.45, 7) is 1.54. The molecule has 0 radical (unpaired) electrons. The molecule has 1 atom stereocenters. The highest BCUT2D eigenvalue weighted by Gasteiger charge is 2.26. The maximum atomic E-state index is 13.3. The smallest absolute Gasteiger partial charge is 0.137 e. The quantitative estimate of drug-likeness (QED) is 0.879. The van der Waals surface area contributed by atoms with Crippen molar-refractivity contribution in [2.45, 2.75) is 12.5 Å². The van der Waals surface area contributed by atoms with E-state index in [1.165, 1.54) is 18.2 Å². The summed E-state index contributed by atoms with van der Waals surface area (Å²) in [5, 5.41) is 12.7. The van der Waals surface area contributed by atoms with E-state index in [4.69, 9.17) is 0 Å². The van der Waals surface area contributed by atoms with E-state index in [9.17, 15) is 13.9 Å². The molecule has 20 heavy (non-hydrogen) atoms. The van der Waals surface area contributed by atoms with E-state index in [2.05, 4.69) is 21.2 Å². The van der Waals surface area contributed by atoms with Gasteiger partial charge in [-0.25, -0.2) is 8.78 Å². The minimum atomic E-state index is -0.843. The Kier molecular flexibility index (Phi) is 4.40. The minimum Gasteiger partial charge on any atom is -0.394 e. The molecule has 0 fully saturated rings. The van der Waals surface area contributed by atoms with Gasteiger partial charge in [-0.05, 0) is 58.7 Å². The number of aliphatic hydroxyl groups is 1. The second-order valence-electron chi connectivity index (χ2n) is 4.75. The number of benzene rings is 2. The van der Waals surface area contributed by atoms with E-state index in [-0.39, 0.29) is 18.2 Å². The van der Waals surface area contributed by atoms with Crippen LogP contribution in [0.1, 0.15) is 12.5 Å². The third-order valence-electron chi connectivity index (χ3n) is 3.12. The fraction of sp³-hybridized carbons (Fsp3) is 0.200. The summed E-state index contributed by atoms with van der Waals surface area (Å²) in [5.74, 6) is -0.740. The lowest BCUT2D eigenvalue weighted by molar-refractivity contribution is 0.224. The zero-order valence-corrected chi connectivity index (χ0v) is 12.4. The van der Waals surface area contributed by atoms with Crippen LogP contribution in [0, 0.1) is 11.6 Å². The summed E-state index contributed by atoms with van der Waals surface area (Å²) in [4.78, 5) is 0. The van der Waals surface area contributed by atoms with Crippen LogP contribution in [0.25, 0.3) is 0 Å². The van der Waals surface area contributed by atoms with E-state index >= 15 is 0 Å². The molecule has 0 amide bonds. The Morgan fingerprint density at radius 2 is 1.95 bits per heavy atom. The zero-order valence-electron chi connectivity index (χ0n) is 10.8. The van der Waals surface area contributed by atoms with Gasteiger partial charge in [-0.15, -0.1) is 0 Å². The number of hydrogen-bond acceptors (Lipinski definition) is 2. The number of nitrogens with one attached hydrogen (secondary N) is 1. The van der Waals surface area contributed by atoms with Crippen LogP contribution in [-0.2, 0) is 5.54 Å². The summed E-state index contributed by atoms with van der Waals surface area (Å²) >= 11 is 3.12. The van der Waals surface area contributed by atoms with E-state index in [0.717, 1.165) is 0 Å². The van der Waals surface area contributed by atoms with Crippen molar-refractivity contribution in [3.63, 3.8) is 0 Å². The Hall–Kier alpha value is -1.46. The first-order chi connectivity index (χ1) is 9.44. The molecule has 2 nitrogen and oxygen atoms in total. The van der Waals surface area contributed by atoms with Gasteiger partial charge in [0.15, 0.2) is 0 Å². The molecule has 0 spiro atoms. The third-order valence-corrected chi connectivity index (χ3v) is 3.73. The number of aliphatic hydroxyl groups excluding tert-OH is 1. The Morgan fingerprint density at radius 1 is 1.20 bits per heavy atom. The molecule has 5 heteroatoms. The predicted octanol–water partition coefficient (Wildman–Crippen LogP) is 4.05. The molecule has 0 saturated heterocycles. The van der Waals surface area contributed by atoms with Crippen molar-refractivity contribution in [3.05, 3.63) is 64.1 Å². The third kappa shape index (κ3) is 3.16. The highest BCUT2D eigenvalue weighted by molar-refractivity contribution is 9.10. The van der Waals surface area contributed by atoms with Crippen LogP contribution in [0.5, 0.6) is 0 Å². The van der Waals surface area contributed by atoms with Crippen molar-refractivity contribution in [2.24, 2.45) is 0 Å². The van der Waals surface area contributed by atoms with Gasteiger partial charge >= 0.3 is 0 Å². The highest BCUT2D eigenvalue weighted by atomic mass is 79.9. The van der Waals surface area contributed by atoms with Gasteiger partial charge in [-0.3, -0.25) is 0 Å². The average Bonchev–Trinajstić information content (AvgIpc) is 2.41. The Balaban J connectivity index is 2.35. The fourth-order valence-electron chi connectivity index (χ4n) is 1.93. The molecule has 2 aromatic rings. The first kappa shape index (κ1) is 14.9. The second-order valence-corrected chi connectivity index (χ2v) is 5.61. The van der Waals surface area contributed by atoms with Crippen LogP contribution in [-0.4, -0.2) is 11.7 Å². The van der Waals surface area contributed by atoms with Gasteiger partial charge in [0.05, 0.1) is 16.6 Å². The molecule has 2 rings (SSSR count). The number of hydrogen-bond donors (Lipinski definition) is 2. The van der Waals surface area contributed by atoms with Gasteiger partial charge in [0.2, 0.25) is 0 Å². The molecule has 0 aliphatic rings. The molecular weight excluding hydrogens is 328 g/mol. The average molecular weight is 342 g/mol. The summed E-state index contributed by atoms with van der Waals surface area (Å²) in [6.07, 6.45) is 0. The van der Waals surface area contributed by atoms with Gasteiger partial charge in [0.1, 0.15) is 11.6 Å². The van der Waals surface area contributed by atoms with Gasteiger partial charge in [0.25, 0.3) is 0 Å². The Labute approximate surface area is 124 Å². The normalized spacial score (nSPS) is 13.8. The molecule has 2 N–H and O–H groups in total. The van der Waals surface area contributed by atoms with E-state index in [1.54, 1.807) is 31.2 Å². The van der Waals surface area contributed by atoms with Crippen molar-refractivity contribution < 1.29 is 13.9 Å². The Morgan fingerprint density at radius 3 is 2.55 bits per heavy atom. The monoisotopic (exact) mass is 341 g/mol. The minimum absolute atomic E-state index is 0.221. The molecule has 0 heterocycles. The first-order valence-corrected chi connectivity index (χ1v) is 6.84. The van der Waals surface area contributed by atoms with E-state index in [0.29, 0.717) is 15.7 Å². The van der Waals surface area contributed by atoms with Crippen molar-refractivity contribution >= 4 is 21.6 Å². The van der Waals surface area contributed by atoms with Gasteiger partial charge < -0.3 is 10.4 Å². The largest absolute Gasteiger partial charge is 0.394 e. The van der Waals surface area contributed by atoms with Crippen LogP contribution >= 0.6 is 15.9 Å². The standard InChI is InChI=1S/C15H14BrF2NO/c1-15(9-20,10-5-6-14(18)13(16)7-10)19-12-4-2-3-11(17)8-12/h2-8,19-20H,9H2,1H3. The molecule has 0 saturated carbocycles. The van der Waals surface area contributed by atoms with Gasteiger partial charge in [-0.1, -0.05) is 12.1 Å². The van der Waals surface area contributed by atoms with Gasteiger partial charge in [-0.2, -0.15) is 0 Å². The summed E-state index contributed by atoms with van der Waals surface area (Å²) < 4.78 is 26.8. The predicted molar refractivity (Wildman–Crippen MR) is 78.6 cm³/mol. The van der Waals surface area contributed by atoms with Crippen LogP contribution in [0.3, 0.4) is 0 Å². The number of halogens is 3. The molecule has 2 aromatic carbocycles. The summed E-state index contributed by atoms with van der Waals surface area (Å²) in [6, 6.07) is 10.5. The van der Waals surface area contributed by atoms with Crippen LogP contribution in [0.2, 0.25) is 0 Å². The summed E-state index contributed by atoms with van der Waals surface area (Å²) in [7, 11) is 0. The number of anilines is 1. The van der Waals surface area contributed by atoms with Crippen LogP contribution in [0.4, 0.5) is 14.5 Å². The molecule has 0 aliphatic carbocycles. The summed E-state index contributed by atoms with van der Waals surface area (Å²) in [5.41, 5.74) is 0.392. The molecular formula is C15H14BrF2NO. The second kappa shape index (κ2) is 5.89. The molecule has 0 aromatic heterocycles. The Bertz CT molecular complexity index is 621. The highest BCUT2D eigenvalue weighted by Crippen LogP contribution is 2.29. The van der Waals surface area contributed by atoms with Crippen molar-refractivity contribution in [1.29, 1.82) is 0 Å². The van der Waals surface area contributed by atoms with Crippen molar-refractivity contribution in [3.8, 4) is 0 Å². The van der Waals surface area contributed by atoms with E-state index in [1.807, 2.05) is 0 Å². The topological polar surface area (TPSA) is 32.3 Å². The SMILES string of the molecule is CC(CO)(Nc1cccc(F)c1)c1ccc(F)c(Br)c1. The first-order valence-electron chi connectivity index (χ1n) is 6.05.